The summed E-state index contributed by atoms with van der Waals surface area (Å²) in [4.78, 5) is 14.9. The molecule has 62 valence electrons. The van der Waals surface area contributed by atoms with Gasteiger partial charge in [0.25, 0.3) is 0 Å². The molecule has 12 heavy (non-hydrogen) atoms. The minimum Gasteiger partial charge on any atom is -0.368 e. The van der Waals surface area contributed by atoms with Crippen molar-refractivity contribution in [2.24, 2.45) is 0 Å². The van der Waals surface area contributed by atoms with Crippen molar-refractivity contribution in [2.75, 3.05) is 12.0 Å². The Morgan fingerprint density at radius 3 is 3.08 bits per heavy atom. The van der Waals surface area contributed by atoms with Gasteiger partial charge >= 0.3 is 0 Å². The van der Waals surface area contributed by atoms with Gasteiger partial charge in [-0.2, -0.15) is 4.98 Å². The lowest BCUT2D eigenvalue weighted by atomic mass is 10.5. The van der Waals surface area contributed by atoms with Crippen molar-refractivity contribution >= 4 is 28.9 Å². The summed E-state index contributed by atoms with van der Waals surface area (Å²) in [6.07, 6.45) is 3.51. The van der Waals surface area contributed by atoms with Crippen molar-refractivity contribution in [1.29, 1.82) is 0 Å². The molecule has 5 nitrogen and oxygen atoms in total. The molecule has 0 aliphatic heterocycles. The molecule has 0 unspecified atom stereocenters. The summed E-state index contributed by atoms with van der Waals surface area (Å²) in [6.45, 7) is 0. The monoisotopic (exact) mass is 181 g/mol. The van der Waals surface area contributed by atoms with Gasteiger partial charge in [-0.05, 0) is 6.26 Å². The van der Waals surface area contributed by atoms with Crippen molar-refractivity contribution in [2.45, 2.75) is 5.03 Å². The number of nitrogens with two attached hydrogens (primary N) is 1. The molecule has 0 spiro atoms. The number of thioether (sulfide) groups is 1. The van der Waals surface area contributed by atoms with Crippen LogP contribution < -0.4 is 5.73 Å². The normalized spacial score (nSPS) is 10.8. The van der Waals surface area contributed by atoms with Crippen LogP contribution in [0, 0.1) is 0 Å². The Bertz CT molecular complexity index is 409. The van der Waals surface area contributed by atoms with E-state index in [1.807, 2.05) is 6.26 Å². The second kappa shape index (κ2) is 2.63. The molecule has 0 bridgehead atoms. The van der Waals surface area contributed by atoms with E-state index in [-0.39, 0.29) is 5.95 Å². The fraction of sp³-hybridized carbons (Fsp3) is 0.167. The van der Waals surface area contributed by atoms with Crippen LogP contribution in [0.5, 0.6) is 0 Å². The summed E-state index contributed by atoms with van der Waals surface area (Å²) in [5, 5.41) is 0.829. The highest BCUT2D eigenvalue weighted by atomic mass is 32.2. The van der Waals surface area contributed by atoms with E-state index in [1.165, 1.54) is 11.8 Å². The van der Waals surface area contributed by atoms with E-state index in [4.69, 9.17) is 5.73 Å². The molecule has 2 aromatic rings. The van der Waals surface area contributed by atoms with Crippen LogP contribution in [-0.2, 0) is 0 Å². The Labute approximate surface area is 72.8 Å². The second-order valence-corrected chi connectivity index (χ2v) is 2.99. The number of hydrogen-bond donors (Lipinski definition) is 2. The molecule has 2 heterocycles. The van der Waals surface area contributed by atoms with Crippen molar-refractivity contribution in [3.05, 3.63) is 6.33 Å². The number of H-pyrrole nitrogens is 1. The van der Waals surface area contributed by atoms with Crippen LogP contribution in [-0.4, -0.2) is 26.2 Å². The summed E-state index contributed by atoms with van der Waals surface area (Å²) in [5.41, 5.74) is 6.93. The first-order valence-corrected chi connectivity index (χ1v) is 4.54. The van der Waals surface area contributed by atoms with Gasteiger partial charge in [-0.15, -0.1) is 11.8 Å². The number of imidazole rings is 1. The molecule has 0 fully saturated rings. The summed E-state index contributed by atoms with van der Waals surface area (Å²) in [7, 11) is 0. The Hall–Kier alpha value is -1.30. The van der Waals surface area contributed by atoms with Crippen LogP contribution >= 0.6 is 11.8 Å². The summed E-state index contributed by atoms with van der Waals surface area (Å²) in [6, 6.07) is 0. The number of fused-ring (bicyclic) bond motifs is 1. The lowest BCUT2D eigenvalue weighted by Gasteiger charge is -1.97. The summed E-state index contributed by atoms with van der Waals surface area (Å²) in [5.74, 6) is 0.263. The fourth-order valence-corrected chi connectivity index (χ4v) is 1.51. The molecular formula is C6H7N5S. The molecule has 0 aromatic carbocycles. The van der Waals surface area contributed by atoms with E-state index in [1.54, 1.807) is 6.33 Å². The highest BCUT2D eigenvalue weighted by molar-refractivity contribution is 7.98. The quantitative estimate of drug-likeness (QED) is 0.499. The maximum atomic E-state index is 5.47. The minimum absolute atomic E-state index is 0.263. The maximum absolute atomic E-state index is 5.47. The third-order valence-corrected chi connectivity index (χ3v) is 2.15. The van der Waals surface area contributed by atoms with Gasteiger partial charge in [0.15, 0.2) is 5.65 Å². The first kappa shape index (κ1) is 7.35. The minimum atomic E-state index is 0.263. The zero-order chi connectivity index (χ0) is 8.55. The number of aromatic nitrogens is 4. The molecule has 0 saturated heterocycles. The molecule has 2 rings (SSSR count). The predicted molar refractivity (Wildman–Crippen MR) is 47.9 cm³/mol. The maximum Gasteiger partial charge on any atom is 0.223 e. The van der Waals surface area contributed by atoms with Crippen LogP contribution in [0.1, 0.15) is 0 Å². The van der Waals surface area contributed by atoms with Gasteiger partial charge in [0.2, 0.25) is 5.95 Å². The number of anilines is 1. The van der Waals surface area contributed by atoms with Crippen LogP contribution in [0.4, 0.5) is 5.95 Å². The highest BCUT2D eigenvalue weighted by Gasteiger charge is 2.05. The molecule has 0 atom stereocenters. The molecule has 6 heteroatoms. The smallest absolute Gasteiger partial charge is 0.223 e. The zero-order valence-corrected chi connectivity index (χ0v) is 7.22. The average Bonchev–Trinajstić information content (AvgIpc) is 2.50. The predicted octanol–water partition coefficient (Wildman–Crippen LogP) is 0.657. The van der Waals surface area contributed by atoms with Crippen LogP contribution in [0.25, 0.3) is 11.2 Å². The van der Waals surface area contributed by atoms with Gasteiger partial charge in [-0.3, -0.25) is 0 Å². The molecule has 3 N–H and O–H groups in total. The Kier molecular flexibility index (Phi) is 1.61. The third-order valence-electron chi connectivity index (χ3n) is 1.46. The van der Waals surface area contributed by atoms with Crippen molar-refractivity contribution < 1.29 is 0 Å². The molecule has 0 aliphatic carbocycles. The van der Waals surface area contributed by atoms with Crippen molar-refractivity contribution in [3.63, 3.8) is 0 Å². The molecule has 2 aromatic heterocycles. The molecule has 0 radical (unpaired) electrons. The highest BCUT2D eigenvalue weighted by Crippen LogP contribution is 2.20. The first-order chi connectivity index (χ1) is 5.81. The topological polar surface area (TPSA) is 80.5 Å². The van der Waals surface area contributed by atoms with Gasteiger partial charge in [0, 0.05) is 0 Å². The Morgan fingerprint density at radius 1 is 1.50 bits per heavy atom. The van der Waals surface area contributed by atoms with Crippen LogP contribution in [0.3, 0.4) is 0 Å². The van der Waals surface area contributed by atoms with E-state index in [0.29, 0.717) is 5.65 Å². The van der Waals surface area contributed by atoms with E-state index in [2.05, 4.69) is 19.9 Å². The van der Waals surface area contributed by atoms with E-state index >= 15 is 0 Å². The molecular weight excluding hydrogens is 174 g/mol. The molecule has 0 aliphatic rings. The Morgan fingerprint density at radius 2 is 2.33 bits per heavy atom. The van der Waals surface area contributed by atoms with E-state index in [0.717, 1.165) is 10.5 Å². The molecule has 0 amide bonds. The lowest BCUT2D eigenvalue weighted by molar-refractivity contribution is 1.11. The van der Waals surface area contributed by atoms with Crippen molar-refractivity contribution in [3.8, 4) is 0 Å². The third kappa shape index (κ3) is 1.00. The largest absolute Gasteiger partial charge is 0.368 e. The van der Waals surface area contributed by atoms with Gasteiger partial charge in [-0.25, -0.2) is 9.97 Å². The fourth-order valence-electron chi connectivity index (χ4n) is 0.970. The molecule has 0 saturated carbocycles. The van der Waals surface area contributed by atoms with E-state index in [9.17, 15) is 0 Å². The van der Waals surface area contributed by atoms with Gasteiger partial charge in [0.1, 0.15) is 10.5 Å². The number of aromatic amines is 1. The standard InChI is InChI=1S/C6H7N5S/c1-12-5-3-4(9-2-8-3)10-6(7)11-5/h2H,1H3,(H3,7,8,9,10,11). The van der Waals surface area contributed by atoms with Crippen LogP contribution in [0.2, 0.25) is 0 Å². The number of nitrogens with zero attached hydrogens (tertiary/aromatic N) is 3. The van der Waals surface area contributed by atoms with Crippen LogP contribution in [0.15, 0.2) is 11.4 Å². The first-order valence-electron chi connectivity index (χ1n) is 3.32. The average molecular weight is 181 g/mol. The van der Waals surface area contributed by atoms with Crippen molar-refractivity contribution in [1.82, 2.24) is 19.9 Å². The van der Waals surface area contributed by atoms with E-state index < -0.39 is 0 Å². The SMILES string of the molecule is CSc1nc(N)nc2nc[nH]c12. The Balaban J connectivity index is 2.80. The lowest BCUT2D eigenvalue weighted by Crippen LogP contribution is -1.96. The number of nitrogens with one attached hydrogen (secondary N) is 1. The zero-order valence-electron chi connectivity index (χ0n) is 6.40. The summed E-state index contributed by atoms with van der Waals surface area (Å²) < 4.78 is 0. The number of nitrogen functional groups attached to an aromatic ring is 1. The summed E-state index contributed by atoms with van der Waals surface area (Å²) >= 11 is 1.51. The second-order valence-electron chi connectivity index (χ2n) is 2.19. The van der Waals surface area contributed by atoms with Gasteiger partial charge < -0.3 is 10.7 Å². The number of rotatable bonds is 1. The van der Waals surface area contributed by atoms with Gasteiger partial charge in [0.05, 0.1) is 6.33 Å². The number of hydrogen-bond acceptors (Lipinski definition) is 5. The van der Waals surface area contributed by atoms with Gasteiger partial charge in [-0.1, -0.05) is 0 Å².